The van der Waals surface area contributed by atoms with Crippen molar-refractivity contribution in [3.63, 3.8) is 0 Å². The molecule has 2 aromatic rings. The third-order valence-corrected chi connectivity index (χ3v) is 11.3. The van der Waals surface area contributed by atoms with Gasteiger partial charge in [0.25, 0.3) is 14.2 Å². The first kappa shape index (κ1) is 26.4. The summed E-state index contributed by atoms with van der Waals surface area (Å²) in [6.07, 6.45) is 4.96. The summed E-state index contributed by atoms with van der Waals surface area (Å²) >= 11 is 0. The molecule has 0 spiro atoms. The Balaban J connectivity index is 1.76. The highest BCUT2D eigenvalue weighted by atomic mass is 28.4. The van der Waals surface area contributed by atoms with Crippen LogP contribution < -0.4 is 21.0 Å². The average Bonchev–Trinajstić information content (AvgIpc) is 3.27. The van der Waals surface area contributed by atoms with Gasteiger partial charge in [-0.15, -0.1) is 0 Å². The molecule has 3 amide bonds. The fraction of sp³-hybridized carbons (Fsp3) is 0.357. The number of hydrogen-bond donors (Lipinski definition) is 2. The predicted molar refractivity (Wildman–Crippen MR) is 142 cm³/mol. The lowest BCUT2D eigenvalue weighted by Gasteiger charge is -2.43. The van der Waals surface area contributed by atoms with Crippen molar-refractivity contribution in [2.45, 2.75) is 51.6 Å². The molecule has 0 saturated carbocycles. The first-order valence-corrected chi connectivity index (χ1v) is 13.8. The molecule has 0 bridgehead atoms. The summed E-state index contributed by atoms with van der Waals surface area (Å²) in [6.45, 7) is 8.86. The van der Waals surface area contributed by atoms with Crippen LogP contribution in [0.1, 0.15) is 40.5 Å². The van der Waals surface area contributed by atoms with E-state index in [1.807, 2.05) is 12.1 Å². The molecule has 6 nitrogen and oxygen atoms in total. The third kappa shape index (κ3) is 6.29. The number of carbonyl (C=O) groups excluding carboxylic acids is 2. The second kappa shape index (κ2) is 11.5. The van der Waals surface area contributed by atoms with E-state index < -0.39 is 20.3 Å². The molecule has 0 fully saturated rings. The standard InChI is InChI=1S/C28H36N2O4Si/c1-21(19-33-5)26(31)30-27(32)29-23-17-16-22(18-23)20-34-35(28(2,3)4,24-12-8-6-9-13-24)25-14-10-7-11-15-25/h6-15,18-19,23H,16-17,20H2,1-5H3,(H2,29,30,31,32)/b21-19+. The van der Waals surface area contributed by atoms with E-state index in [4.69, 9.17) is 9.16 Å². The van der Waals surface area contributed by atoms with E-state index in [1.54, 1.807) is 6.92 Å². The summed E-state index contributed by atoms with van der Waals surface area (Å²) in [6, 6.07) is 20.4. The summed E-state index contributed by atoms with van der Waals surface area (Å²) in [5.41, 5.74) is 1.48. The lowest BCUT2D eigenvalue weighted by Crippen LogP contribution is -2.66. The number of urea groups is 1. The monoisotopic (exact) mass is 492 g/mol. The second-order valence-electron chi connectivity index (χ2n) is 9.89. The van der Waals surface area contributed by atoms with E-state index in [9.17, 15) is 9.59 Å². The zero-order valence-electron chi connectivity index (χ0n) is 21.3. The molecule has 0 heterocycles. The molecule has 2 aromatic carbocycles. The Labute approximate surface area is 209 Å². The van der Waals surface area contributed by atoms with E-state index in [1.165, 1.54) is 23.7 Å². The Kier molecular flexibility index (Phi) is 8.70. The molecule has 1 aliphatic carbocycles. The first-order valence-electron chi connectivity index (χ1n) is 11.9. The van der Waals surface area contributed by atoms with Gasteiger partial charge in [0.15, 0.2) is 0 Å². The van der Waals surface area contributed by atoms with Crippen molar-refractivity contribution < 1.29 is 18.8 Å². The molecule has 0 radical (unpaired) electrons. The summed E-state index contributed by atoms with van der Waals surface area (Å²) in [7, 11) is -1.16. The molecular weight excluding hydrogens is 456 g/mol. The summed E-state index contributed by atoms with van der Waals surface area (Å²) < 4.78 is 11.8. The van der Waals surface area contributed by atoms with Crippen molar-refractivity contribution in [3.05, 3.63) is 84.1 Å². The van der Waals surface area contributed by atoms with Crippen LogP contribution in [0.25, 0.3) is 0 Å². The van der Waals surface area contributed by atoms with Crippen LogP contribution in [0.4, 0.5) is 4.79 Å². The minimum atomic E-state index is -2.62. The Bertz CT molecular complexity index is 1040. The number of ether oxygens (including phenoxy) is 1. The van der Waals surface area contributed by atoms with E-state index in [-0.39, 0.29) is 11.1 Å². The molecule has 1 aliphatic rings. The summed E-state index contributed by atoms with van der Waals surface area (Å²) in [5.74, 6) is -0.485. The number of hydrogen-bond acceptors (Lipinski definition) is 4. The SMILES string of the molecule is CO/C=C(\C)C(=O)NC(=O)NC1C=C(CO[Si](c2ccccc2)(c2ccccc2)C(C)(C)C)CC1. The first-order chi connectivity index (χ1) is 16.7. The molecule has 7 heteroatoms. The van der Waals surface area contributed by atoms with Crippen molar-refractivity contribution in [1.82, 2.24) is 10.6 Å². The minimum absolute atomic E-state index is 0.0969. The number of imide groups is 1. The van der Waals surface area contributed by atoms with Gasteiger partial charge in [-0.05, 0) is 40.8 Å². The van der Waals surface area contributed by atoms with E-state index in [0.29, 0.717) is 12.2 Å². The molecule has 186 valence electrons. The highest BCUT2D eigenvalue weighted by molar-refractivity contribution is 6.99. The van der Waals surface area contributed by atoms with Gasteiger partial charge in [0.05, 0.1) is 20.0 Å². The van der Waals surface area contributed by atoms with Crippen LogP contribution in [0.15, 0.2) is 84.1 Å². The van der Waals surface area contributed by atoms with Gasteiger partial charge in [-0.2, -0.15) is 0 Å². The fourth-order valence-electron chi connectivity index (χ4n) is 4.63. The van der Waals surface area contributed by atoms with Crippen LogP contribution in [0, 0.1) is 0 Å². The van der Waals surface area contributed by atoms with Gasteiger partial charge < -0.3 is 14.5 Å². The maximum Gasteiger partial charge on any atom is 0.322 e. The smallest absolute Gasteiger partial charge is 0.322 e. The molecule has 35 heavy (non-hydrogen) atoms. The summed E-state index contributed by atoms with van der Waals surface area (Å²) in [4.78, 5) is 24.3. The van der Waals surface area contributed by atoms with Gasteiger partial charge in [0.2, 0.25) is 0 Å². The van der Waals surface area contributed by atoms with Gasteiger partial charge in [-0.3, -0.25) is 10.1 Å². The van der Waals surface area contributed by atoms with Crippen molar-refractivity contribution in [2.75, 3.05) is 13.7 Å². The Morgan fingerprint density at radius 1 is 1.03 bits per heavy atom. The highest BCUT2D eigenvalue weighted by Gasteiger charge is 2.50. The Hall–Kier alpha value is -3.16. The second-order valence-corrected chi connectivity index (χ2v) is 14.2. The third-order valence-electron chi connectivity index (χ3n) is 6.30. The minimum Gasteiger partial charge on any atom is -0.504 e. The van der Waals surface area contributed by atoms with Gasteiger partial charge in [-0.25, -0.2) is 4.79 Å². The highest BCUT2D eigenvalue weighted by Crippen LogP contribution is 2.37. The van der Waals surface area contributed by atoms with Crippen molar-refractivity contribution in [3.8, 4) is 0 Å². The van der Waals surface area contributed by atoms with Crippen LogP contribution in [0.2, 0.25) is 5.04 Å². The predicted octanol–water partition coefficient (Wildman–Crippen LogP) is 4.03. The number of benzene rings is 2. The topological polar surface area (TPSA) is 76.7 Å². The van der Waals surface area contributed by atoms with Crippen LogP contribution in [0.3, 0.4) is 0 Å². The number of nitrogens with one attached hydrogen (secondary N) is 2. The Morgan fingerprint density at radius 2 is 1.60 bits per heavy atom. The summed E-state index contributed by atoms with van der Waals surface area (Å²) in [5, 5.41) is 7.59. The molecule has 2 N–H and O–H groups in total. The molecule has 0 aromatic heterocycles. The molecule has 1 atom stereocenters. The van der Waals surface area contributed by atoms with Gasteiger partial charge in [0.1, 0.15) is 0 Å². The fourth-order valence-corrected chi connectivity index (χ4v) is 9.18. The molecule has 0 aliphatic heterocycles. The maximum atomic E-state index is 12.3. The lowest BCUT2D eigenvalue weighted by molar-refractivity contribution is -0.116. The van der Waals surface area contributed by atoms with Crippen molar-refractivity contribution in [1.29, 1.82) is 0 Å². The zero-order valence-corrected chi connectivity index (χ0v) is 22.3. The molecule has 3 rings (SSSR count). The lowest BCUT2D eigenvalue weighted by atomic mass is 10.2. The quantitative estimate of drug-likeness (QED) is 0.253. The number of rotatable bonds is 8. The zero-order chi connectivity index (χ0) is 25.5. The maximum absolute atomic E-state index is 12.3. The number of carbonyl (C=O) groups is 2. The van der Waals surface area contributed by atoms with Gasteiger partial charge in [-0.1, -0.05) is 87.5 Å². The van der Waals surface area contributed by atoms with E-state index >= 15 is 0 Å². The van der Waals surface area contributed by atoms with Gasteiger partial charge >= 0.3 is 6.03 Å². The largest absolute Gasteiger partial charge is 0.504 e. The van der Waals surface area contributed by atoms with Crippen LogP contribution in [-0.4, -0.2) is 40.0 Å². The van der Waals surface area contributed by atoms with Crippen LogP contribution in [-0.2, 0) is 14.0 Å². The molecular formula is C28H36N2O4Si. The van der Waals surface area contributed by atoms with Crippen LogP contribution in [0.5, 0.6) is 0 Å². The average molecular weight is 493 g/mol. The molecule has 0 saturated heterocycles. The van der Waals surface area contributed by atoms with E-state index in [0.717, 1.165) is 18.4 Å². The van der Waals surface area contributed by atoms with E-state index in [2.05, 4.69) is 86.0 Å². The normalized spacial score (nSPS) is 16.4. The van der Waals surface area contributed by atoms with Gasteiger partial charge in [0, 0.05) is 11.6 Å². The van der Waals surface area contributed by atoms with Crippen molar-refractivity contribution in [2.24, 2.45) is 0 Å². The molecule has 1 unspecified atom stereocenters. The van der Waals surface area contributed by atoms with Crippen molar-refractivity contribution >= 4 is 30.6 Å². The van der Waals surface area contributed by atoms with Crippen LogP contribution >= 0.6 is 0 Å². The Morgan fingerprint density at radius 3 is 2.11 bits per heavy atom. The number of amides is 3. The number of methoxy groups -OCH3 is 1.